The highest BCUT2D eigenvalue weighted by molar-refractivity contribution is 6.34. The first-order valence-corrected chi connectivity index (χ1v) is 15.2. The number of carbonyl (C=O) groups is 3. The average Bonchev–Trinajstić information content (AvgIpc) is 3.46. The van der Waals surface area contributed by atoms with Crippen LogP contribution in [0.4, 0.5) is 5.69 Å². The van der Waals surface area contributed by atoms with E-state index in [0.717, 1.165) is 25.7 Å². The van der Waals surface area contributed by atoms with Gasteiger partial charge in [-0.05, 0) is 56.2 Å². The SMILES string of the molecule is CCC(=O)Nc1ccc(C(=O)NC(C(=O)N(CCONC(C)C(C)C)C2CCCC2)C(C)(C)C)c(Cl)c1.CCOOO. The number of hydroxylamine groups is 1. The number of carbonyl (C=O) groups excluding carboxylic acids is 3. The maximum absolute atomic E-state index is 13.9. The number of amides is 3. The van der Waals surface area contributed by atoms with E-state index in [1.165, 1.54) is 0 Å². The van der Waals surface area contributed by atoms with Gasteiger partial charge in [0.2, 0.25) is 11.8 Å². The number of benzene rings is 1. The molecule has 1 saturated carbocycles. The highest BCUT2D eigenvalue weighted by Crippen LogP contribution is 2.29. The van der Waals surface area contributed by atoms with Crippen molar-refractivity contribution >= 4 is 35.0 Å². The van der Waals surface area contributed by atoms with Crippen LogP contribution in [0.15, 0.2) is 18.2 Å². The zero-order chi connectivity index (χ0) is 31.9. The maximum Gasteiger partial charge on any atom is 0.253 e. The molecule has 1 aromatic rings. The lowest BCUT2D eigenvalue weighted by atomic mass is 9.85. The van der Waals surface area contributed by atoms with Crippen molar-refractivity contribution in [1.82, 2.24) is 15.7 Å². The zero-order valence-electron chi connectivity index (χ0n) is 26.4. The number of anilines is 1. The lowest BCUT2D eigenvalue weighted by Gasteiger charge is -2.38. The van der Waals surface area contributed by atoms with Crippen LogP contribution in [-0.4, -0.2) is 65.8 Å². The molecular formula is C30H51ClN4O7. The van der Waals surface area contributed by atoms with Crippen LogP contribution in [0, 0.1) is 11.3 Å². The van der Waals surface area contributed by atoms with Crippen LogP contribution in [0.2, 0.25) is 5.02 Å². The molecule has 0 aliphatic heterocycles. The van der Waals surface area contributed by atoms with Crippen LogP contribution in [0.1, 0.15) is 97.9 Å². The molecule has 0 radical (unpaired) electrons. The van der Waals surface area contributed by atoms with Crippen molar-refractivity contribution in [3.8, 4) is 0 Å². The molecule has 0 spiro atoms. The Bertz CT molecular complexity index is 979. The van der Waals surface area contributed by atoms with Crippen LogP contribution in [0.5, 0.6) is 0 Å². The first-order chi connectivity index (χ1) is 19.8. The molecule has 4 N–H and O–H groups in total. The van der Waals surface area contributed by atoms with Gasteiger partial charge in [0, 0.05) is 30.7 Å². The first kappa shape index (κ1) is 37.7. The second kappa shape index (κ2) is 19.1. The fourth-order valence-electron chi connectivity index (χ4n) is 4.26. The summed E-state index contributed by atoms with van der Waals surface area (Å²) in [5, 5.41) is 16.4. The van der Waals surface area contributed by atoms with Gasteiger partial charge >= 0.3 is 0 Å². The van der Waals surface area contributed by atoms with Gasteiger partial charge in [-0.15, -0.1) is 0 Å². The highest BCUT2D eigenvalue weighted by Gasteiger charge is 2.39. The Balaban J connectivity index is 0.00000162. The molecule has 12 heteroatoms. The predicted octanol–water partition coefficient (Wildman–Crippen LogP) is 5.60. The summed E-state index contributed by atoms with van der Waals surface area (Å²) in [6, 6.07) is 4.32. The third kappa shape index (κ3) is 12.9. The van der Waals surface area contributed by atoms with Gasteiger partial charge in [0.25, 0.3) is 5.91 Å². The molecule has 2 rings (SSSR count). The average molecular weight is 615 g/mol. The Morgan fingerprint density at radius 2 is 1.76 bits per heavy atom. The molecular weight excluding hydrogens is 564 g/mol. The van der Waals surface area contributed by atoms with Crippen molar-refractivity contribution < 1.29 is 34.4 Å². The van der Waals surface area contributed by atoms with E-state index in [9.17, 15) is 14.4 Å². The van der Waals surface area contributed by atoms with Crippen molar-refractivity contribution in [1.29, 1.82) is 0 Å². The molecule has 1 aliphatic rings. The van der Waals surface area contributed by atoms with Crippen LogP contribution < -0.4 is 16.1 Å². The molecule has 3 amide bonds. The second-order valence-electron chi connectivity index (χ2n) is 11.8. The standard InChI is InChI=1S/C28H45ClN4O4.C2H6O3/c1-8-24(34)30-20-13-14-22(23(29)17-20)26(35)31-25(28(5,6)7)27(36)33(21-11-9-10-12-21)15-16-37-32-19(4)18(2)3;1-2-4-5-3/h13-14,17-19,21,25,32H,8-12,15-16H2,1-7H3,(H,30,34)(H,31,35);3H,2H2,1H3. The summed E-state index contributed by atoms with van der Waals surface area (Å²) in [5.41, 5.74) is 3.30. The monoisotopic (exact) mass is 614 g/mol. The Hall–Kier alpha value is -2.28. The highest BCUT2D eigenvalue weighted by atomic mass is 35.5. The maximum atomic E-state index is 13.9. The Kier molecular flexibility index (Phi) is 17.2. The van der Waals surface area contributed by atoms with E-state index >= 15 is 0 Å². The van der Waals surface area contributed by atoms with Gasteiger partial charge in [0.05, 0.1) is 23.8 Å². The minimum atomic E-state index is -0.751. The van der Waals surface area contributed by atoms with Crippen molar-refractivity contribution in [2.45, 2.75) is 106 Å². The molecule has 2 unspecified atom stereocenters. The van der Waals surface area contributed by atoms with Crippen molar-refractivity contribution in [2.75, 3.05) is 25.1 Å². The molecule has 42 heavy (non-hydrogen) atoms. The number of hydrogen-bond acceptors (Lipinski definition) is 8. The topological polar surface area (TPSA) is 138 Å². The molecule has 1 aromatic carbocycles. The number of hydrogen-bond donors (Lipinski definition) is 4. The molecule has 0 bridgehead atoms. The Morgan fingerprint density at radius 3 is 2.24 bits per heavy atom. The molecule has 11 nitrogen and oxygen atoms in total. The predicted molar refractivity (Wildman–Crippen MR) is 164 cm³/mol. The number of nitrogens with zero attached hydrogens (tertiary/aromatic N) is 1. The van der Waals surface area contributed by atoms with Crippen molar-refractivity contribution in [3.63, 3.8) is 0 Å². The quantitative estimate of drug-likeness (QED) is 0.121. The fourth-order valence-corrected chi connectivity index (χ4v) is 4.53. The van der Waals surface area contributed by atoms with Gasteiger partial charge in [0.15, 0.2) is 0 Å². The normalized spacial score (nSPS) is 15.0. The molecule has 240 valence electrons. The largest absolute Gasteiger partial charge is 0.340 e. The molecule has 0 aromatic heterocycles. The van der Waals surface area contributed by atoms with Crippen LogP contribution in [0.25, 0.3) is 0 Å². The van der Waals surface area contributed by atoms with Gasteiger partial charge in [-0.2, -0.15) is 5.48 Å². The molecule has 0 saturated heterocycles. The van der Waals surface area contributed by atoms with Crippen LogP contribution >= 0.6 is 11.6 Å². The van der Waals surface area contributed by atoms with E-state index in [2.05, 4.69) is 46.8 Å². The molecule has 1 fully saturated rings. The summed E-state index contributed by atoms with van der Waals surface area (Å²) in [4.78, 5) is 50.4. The summed E-state index contributed by atoms with van der Waals surface area (Å²) < 4.78 is 0. The summed E-state index contributed by atoms with van der Waals surface area (Å²) in [5.74, 6) is -0.258. The van der Waals surface area contributed by atoms with Crippen molar-refractivity contribution in [3.05, 3.63) is 28.8 Å². The third-order valence-corrected chi connectivity index (χ3v) is 7.44. The Morgan fingerprint density at radius 1 is 1.12 bits per heavy atom. The minimum Gasteiger partial charge on any atom is -0.340 e. The van der Waals surface area contributed by atoms with Crippen LogP contribution in [0.3, 0.4) is 0 Å². The molecule has 0 heterocycles. The van der Waals surface area contributed by atoms with E-state index in [1.807, 2.05) is 25.7 Å². The molecule has 2 atom stereocenters. The first-order valence-electron chi connectivity index (χ1n) is 14.8. The smallest absolute Gasteiger partial charge is 0.253 e. The van der Waals surface area contributed by atoms with E-state index < -0.39 is 17.4 Å². The van der Waals surface area contributed by atoms with Gasteiger partial charge in [0.1, 0.15) is 6.04 Å². The second-order valence-corrected chi connectivity index (χ2v) is 12.2. The van der Waals surface area contributed by atoms with E-state index in [-0.39, 0.29) is 34.5 Å². The van der Waals surface area contributed by atoms with Gasteiger partial charge in [-0.3, -0.25) is 19.2 Å². The van der Waals surface area contributed by atoms with Gasteiger partial charge in [-0.1, -0.05) is 71.0 Å². The van der Waals surface area contributed by atoms with Crippen LogP contribution in [-0.2, 0) is 24.4 Å². The van der Waals surface area contributed by atoms with Gasteiger partial charge in [-0.25, -0.2) is 10.1 Å². The third-order valence-electron chi connectivity index (χ3n) is 7.13. The van der Waals surface area contributed by atoms with Crippen molar-refractivity contribution in [2.24, 2.45) is 11.3 Å². The lowest BCUT2D eigenvalue weighted by molar-refractivity contribution is -0.489. The summed E-state index contributed by atoms with van der Waals surface area (Å²) in [7, 11) is 0. The summed E-state index contributed by atoms with van der Waals surface area (Å²) in [6.45, 7) is 16.8. The number of halogens is 1. The number of rotatable bonds is 14. The molecule has 1 aliphatic carbocycles. The van der Waals surface area contributed by atoms with E-state index in [4.69, 9.17) is 21.7 Å². The fraction of sp³-hybridized carbons (Fsp3) is 0.700. The summed E-state index contributed by atoms with van der Waals surface area (Å²) in [6.07, 6.45) is 4.40. The Labute approximate surface area is 255 Å². The van der Waals surface area contributed by atoms with E-state index in [1.54, 1.807) is 32.0 Å². The minimum absolute atomic E-state index is 0.115. The zero-order valence-corrected chi connectivity index (χ0v) is 27.2. The van der Waals surface area contributed by atoms with E-state index in [0.29, 0.717) is 37.8 Å². The summed E-state index contributed by atoms with van der Waals surface area (Å²) >= 11 is 6.40. The van der Waals surface area contributed by atoms with Gasteiger partial charge < -0.3 is 15.5 Å². The number of nitrogens with one attached hydrogen (secondary N) is 3. The lowest BCUT2D eigenvalue weighted by Crippen LogP contribution is -2.57.